The molecule has 3 rings (SSSR count). The van der Waals surface area contributed by atoms with Gasteiger partial charge in [0.05, 0.1) is 11.2 Å². The van der Waals surface area contributed by atoms with Crippen LogP contribution in [0, 0.1) is 0 Å². The van der Waals surface area contributed by atoms with Crippen LogP contribution in [0.15, 0.2) is 48.7 Å². The van der Waals surface area contributed by atoms with E-state index in [1.54, 1.807) is 10.9 Å². The molecule has 0 N–H and O–H groups in total. The van der Waals surface area contributed by atoms with Gasteiger partial charge in [-0.3, -0.25) is 4.98 Å². The van der Waals surface area contributed by atoms with E-state index in [9.17, 15) is 0 Å². The summed E-state index contributed by atoms with van der Waals surface area (Å²) in [5.41, 5.74) is 2.61. The maximum Gasteiger partial charge on any atom is 0.195 e. The number of ether oxygens (including phenoxy) is 1. The summed E-state index contributed by atoms with van der Waals surface area (Å²) < 4.78 is 7.54. The Balaban J connectivity index is 2.10. The van der Waals surface area contributed by atoms with Gasteiger partial charge in [-0.15, -0.1) is 5.10 Å². The van der Waals surface area contributed by atoms with Gasteiger partial charge in [0, 0.05) is 12.8 Å². The van der Waals surface area contributed by atoms with Gasteiger partial charge in [-0.25, -0.2) is 4.68 Å². The standard InChI is InChI=1S/C14H14N4O/c1-2-19-14(12-8-5-6-10-15-12)18-13-9-4-3-7-11(13)16-17-18/h3-10,14H,2H2,1H3. The van der Waals surface area contributed by atoms with Gasteiger partial charge >= 0.3 is 0 Å². The summed E-state index contributed by atoms with van der Waals surface area (Å²) in [4.78, 5) is 4.35. The summed E-state index contributed by atoms with van der Waals surface area (Å²) in [6.45, 7) is 2.53. The highest BCUT2D eigenvalue weighted by atomic mass is 16.5. The average Bonchev–Trinajstić information content (AvgIpc) is 2.89. The molecule has 0 bridgehead atoms. The summed E-state index contributed by atoms with van der Waals surface area (Å²) in [5.74, 6) is 0. The first-order chi connectivity index (χ1) is 9.40. The lowest BCUT2D eigenvalue weighted by atomic mass is 10.3. The smallest absolute Gasteiger partial charge is 0.195 e. The third-order valence-electron chi connectivity index (χ3n) is 2.86. The first kappa shape index (κ1) is 11.8. The van der Waals surface area contributed by atoms with Crippen LogP contribution >= 0.6 is 0 Å². The molecule has 1 aromatic carbocycles. The zero-order valence-electron chi connectivity index (χ0n) is 10.6. The van der Waals surface area contributed by atoms with Crippen molar-refractivity contribution in [2.75, 3.05) is 6.61 Å². The van der Waals surface area contributed by atoms with Crippen molar-refractivity contribution >= 4 is 11.0 Å². The quantitative estimate of drug-likeness (QED) is 0.717. The monoisotopic (exact) mass is 254 g/mol. The molecule has 2 heterocycles. The molecule has 5 heteroatoms. The number of hydrogen-bond donors (Lipinski definition) is 0. The number of hydrogen-bond acceptors (Lipinski definition) is 4. The minimum atomic E-state index is -0.349. The highest BCUT2D eigenvalue weighted by molar-refractivity contribution is 5.74. The van der Waals surface area contributed by atoms with Crippen molar-refractivity contribution in [2.45, 2.75) is 13.2 Å². The van der Waals surface area contributed by atoms with Crippen LogP contribution in [0.1, 0.15) is 18.8 Å². The van der Waals surface area contributed by atoms with E-state index in [2.05, 4.69) is 15.3 Å². The van der Waals surface area contributed by atoms with Crippen molar-refractivity contribution in [3.05, 3.63) is 54.4 Å². The zero-order chi connectivity index (χ0) is 13.1. The van der Waals surface area contributed by atoms with Crippen molar-refractivity contribution in [3.8, 4) is 0 Å². The van der Waals surface area contributed by atoms with Gasteiger partial charge in [0.15, 0.2) is 6.23 Å². The topological polar surface area (TPSA) is 52.8 Å². The zero-order valence-corrected chi connectivity index (χ0v) is 10.6. The Hall–Kier alpha value is -2.27. The second-order valence-electron chi connectivity index (χ2n) is 4.09. The van der Waals surface area contributed by atoms with E-state index in [1.165, 1.54) is 0 Å². The van der Waals surface area contributed by atoms with E-state index in [4.69, 9.17) is 4.74 Å². The molecule has 0 aliphatic heterocycles. The fourth-order valence-corrected chi connectivity index (χ4v) is 2.02. The number of aromatic nitrogens is 4. The number of rotatable bonds is 4. The molecule has 19 heavy (non-hydrogen) atoms. The van der Waals surface area contributed by atoms with E-state index in [0.29, 0.717) is 6.61 Å². The Morgan fingerprint density at radius 3 is 2.79 bits per heavy atom. The Kier molecular flexibility index (Phi) is 3.20. The van der Waals surface area contributed by atoms with E-state index < -0.39 is 0 Å². The van der Waals surface area contributed by atoms with Crippen LogP contribution in [-0.2, 0) is 4.74 Å². The number of benzene rings is 1. The number of para-hydroxylation sites is 1. The van der Waals surface area contributed by atoms with Crippen molar-refractivity contribution in [1.29, 1.82) is 0 Å². The first-order valence-electron chi connectivity index (χ1n) is 6.22. The van der Waals surface area contributed by atoms with Crippen LogP contribution in [0.3, 0.4) is 0 Å². The molecular formula is C14H14N4O. The van der Waals surface area contributed by atoms with Gasteiger partial charge in [-0.1, -0.05) is 23.4 Å². The molecule has 1 unspecified atom stereocenters. The molecule has 1 atom stereocenters. The van der Waals surface area contributed by atoms with Crippen LogP contribution in [0.2, 0.25) is 0 Å². The SMILES string of the molecule is CCOC(c1ccccn1)n1nnc2ccccc21. The normalized spacial score (nSPS) is 12.7. The minimum Gasteiger partial charge on any atom is -0.351 e. The largest absolute Gasteiger partial charge is 0.351 e. The van der Waals surface area contributed by atoms with Crippen LogP contribution in [0.25, 0.3) is 11.0 Å². The second-order valence-corrected chi connectivity index (χ2v) is 4.09. The Bertz CT molecular complexity index is 665. The molecule has 96 valence electrons. The maximum absolute atomic E-state index is 5.78. The van der Waals surface area contributed by atoms with Crippen molar-refractivity contribution in [3.63, 3.8) is 0 Å². The highest BCUT2D eigenvalue weighted by Crippen LogP contribution is 2.21. The number of nitrogens with zero attached hydrogens (tertiary/aromatic N) is 4. The summed E-state index contributed by atoms with van der Waals surface area (Å²) in [5, 5.41) is 8.34. The van der Waals surface area contributed by atoms with E-state index in [-0.39, 0.29) is 6.23 Å². The fourth-order valence-electron chi connectivity index (χ4n) is 2.02. The molecule has 3 aromatic rings. The van der Waals surface area contributed by atoms with Gasteiger partial charge in [-0.2, -0.15) is 0 Å². The number of fused-ring (bicyclic) bond motifs is 1. The molecule has 0 saturated carbocycles. The van der Waals surface area contributed by atoms with E-state index >= 15 is 0 Å². The minimum absolute atomic E-state index is 0.349. The Labute approximate surface area is 110 Å². The molecule has 0 aliphatic rings. The molecule has 0 fully saturated rings. The maximum atomic E-state index is 5.78. The first-order valence-corrected chi connectivity index (χ1v) is 6.22. The molecule has 0 saturated heterocycles. The molecule has 5 nitrogen and oxygen atoms in total. The van der Waals surface area contributed by atoms with E-state index in [0.717, 1.165) is 16.7 Å². The predicted octanol–water partition coefficient (Wildman–Crippen LogP) is 2.41. The van der Waals surface area contributed by atoms with Crippen molar-refractivity contribution < 1.29 is 4.74 Å². The van der Waals surface area contributed by atoms with Gasteiger partial charge in [0.25, 0.3) is 0 Å². The molecule has 0 aliphatic carbocycles. The summed E-state index contributed by atoms with van der Waals surface area (Å²) in [6.07, 6.45) is 1.40. The fraction of sp³-hybridized carbons (Fsp3) is 0.214. The van der Waals surface area contributed by atoms with Crippen LogP contribution < -0.4 is 0 Å². The van der Waals surface area contributed by atoms with E-state index in [1.807, 2.05) is 49.4 Å². The van der Waals surface area contributed by atoms with Crippen LogP contribution in [0.4, 0.5) is 0 Å². The van der Waals surface area contributed by atoms with Gasteiger partial charge in [0.1, 0.15) is 5.52 Å². The Morgan fingerprint density at radius 2 is 2.00 bits per heavy atom. The van der Waals surface area contributed by atoms with Crippen molar-refractivity contribution in [1.82, 2.24) is 20.0 Å². The lowest BCUT2D eigenvalue weighted by molar-refractivity contribution is 0.0311. The number of pyridine rings is 1. The van der Waals surface area contributed by atoms with Gasteiger partial charge in [0.2, 0.25) is 0 Å². The predicted molar refractivity (Wildman–Crippen MR) is 71.5 cm³/mol. The molecule has 0 amide bonds. The van der Waals surface area contributed by atoms with Crippen molar-refractivity contribution in [2.24, 2.45) is 0 Å². The lowest BCUT2D eigenvalue weighted by Gasteiger charge is -2.16. The highest BCUT2D eigenvalue weighted by Gasteiger charge is 2.18. The lowest BCUT2D eigenvalue weighted by Crippen LogP contribution is -2.17. The molecule has 0 radical (unpaired) electrons. The summed E-state index contributed by atoms with van der Waals surface area (Å²) >= 11 is 0. The third kappa shape index (κ3) is 2.20. The molecule has 0 spiro atoms. The molecular weight excluding hydrogens is 240 g/mol. The van der Waals surface area contributed by atoms with Crippen LogP contribution in [0.5, 0.6) is 0 Å². The summed E-state index contributed by atoms with van der Waals surface area (Å²) in [7, 11) is 0. The van der Waals surface area contributed by atoms with Crippen LogP contribution in [-0.4, -0.2) is 26.6 Å². The van der Waals surface area contributed by atoms with Gasteiger partial charge < -0.3 is 4.74 Å². The average molecular weight is 254 g/mol. The van der Waals surface area contributed by atoms with Gasteiger partial charge in [-0.05, 0) is 31.2 Å². The Morgan fingerprint density at radius 1 is 1.16 bits per heavy atom. The molecule has 2 aromatic heterocycles. The second kappa shape index (κ2) is 5.16. The summed E-state index contributed by atoms with van der Waals surface area (Å²) in [6, 6.07) is 13.6. The third-order valence-corrected chi connectivity index (χ3v) is 2.86.